The van der Waals surface area contributed by atoms with Crippen LogP contribution in [0.3, 0.4) is 0 Å². The summed E-state index contributed by atoms with van der Waals surface area (Å²) in [5.74, 6) is 1.99. The van der Waals surface area contributed by atoms with Crippen molar-refractivity contribution in [3.63, 3.8) is 0 Å². The molecule has 0 N–H and O–H groups in total. The Labute approximate surface area is 240 Å². The lowest BCUT2D eigenvalue weighted by Crippen LogP contribution is -2.00. The summed E-state index contributed by atoms with van der Waals surface area (Å²) in [4.78, 5) is 19.7. The Kier molecular flexibility index (Phi) is 5.61. The van der Waals surface area contributed by atoms with E-state index < -0.39 is 0 Å². The van der Waals surface area contributed by atoms with Crippen LogP contribution in [0.4, 0.5) is 0 Å². The molecule has 0 aliphatic rings. The molecule has 0 saturated carbocycles. The molecule has 8 aromatic rings. The first-order chi connectivity index (χ1) is 20.3. The first-order valence-electron chi connectivity index (χ1n) is 13.5. The topological polar surface area (TPSA) is 51.6 Å². The van der Waals surface area contributed by atoms with Gasteiger partial charge in [-0.3, -0.25) is 4.98 Å². The third-order valence-electron chi connectivity index (χ3n) is 7.39. The molecule has 5 heteroatoms. The second kappa shape index (κ2) is 9.73. The van der Waals surface area contributed by atoms with E-state index in [2.05, 4.69) is 60.7 Å². The fourth-order valence-corrected chi connectivity index (χ4v) is 6.75. The highest BCUT2D eigenvalue weighted by atomic mass is 32.1. The van der Waals surface area contributed by atoms with Crippen LogP contribution >= 0.6 is 11.3 Å². The summed E-state index contributed by atoms with van der Waals surface area (Å²) in [6.07, 6.45) is 1.87. The number of benzene rings is 5. The second-order valence-corrected chi connectivity index (χ2v) is 10.9. The molecular weight excluding hydrogens is 520 g/mol. The van der Waals surface area contributed by atoms with Crippen LogP contribution in [0, 0.1) is 0 Å². The maximum Gasteiger partial charge on any atom is 0.164 e. The number of pyridine rings is 1. The van der Waals surface area contributed by atoms with E-state index in [1.165, 1.54) is 20.3 Å². The van der Waals surface area contributed by atoms with E-state index in [0.29, 0.717) is 17.5 Å². The average Bonchev–Trinajstić information content (AvgIpc) is 3.44. The lowest BCUT2D eigenvalue weighted by atomic mass is 9.98. The number of aromatic nitrogens is 4. The highest BCUT2D eigenvalue weighted by molar-refractivity contribution is 7.26. The maximum absolute atomic E-state index is 5.03. The predicted octanol–water partition coefficient (Wildman–Crippen LogP) is 9.46. The fourth-order valence-electron chi connectivity index (χ4n) is 5.50. The molecule has 0 saturated heterocycles. The van der Waals surface area contributed by atoms with Crippen molar-refractivity contribution >= 4 is 42.4 Å². The molecular formula is C36H22N4S. The van der Waals surface area contributed by atoms with Gasteiger partial charge in [0, 0.05) is 59.6 Å². The molecule has 0 radical (unpaired) electrons. The van der Waals surface area contributed by atoms with Crippen molar-refractivity contribution in [3.05, 3.63) is 134 Å². The zero-order chi connectivity index (χ0) is 27.2. The highest BCUT2D eigenvalue weighted by Crippen LogP contribution is 2.44. The van der Waals surface area contributed by atoms with Gasteiger partial charge in [-0.1, -0.05) is 115 Å². The zero-order valence-electron chi connectivity index (χ0n) is 21.9. The largest absolute Gasteiger partial charge is 0.256 e. The van der Waals surface area contributed by atoms with Crippen LogP contribution in [-0.2, 0) is 0 Å². The third kappa shape index (κ3) is 4.06. The quantitative estimate of drug-likeness (QED) is 0.222. The summed E-state index contributed by atoms with van der Waals surface area (Å²) in [6, 6.07) is 43.7. The van der Waals surface area contributed by atoms with Crippen LogP contribution in [0.5, 0.6) is 0 Å². The smallest absolute Gasteiger partial charge is 0.164 e. The van der Waals surface area contributed by atoms with E-state index in [4.69, 9.17) is 19.9 Å². The van der Waals surface area contributed by atoms with Gasteiger partial charge in [0.25, 0.3) is 0 Å². The minimum atomic E-state index is 0.661. The van der Waals surface area contributed by atoms with E-state index in [1.54, 1.807) is 11.3 Å². The molecule has 0 bridgehead atoms. The summed E-state index contributed by atoms with van der Waals surface area (Å²) in [7, 11) is 0. The minimum absolute atomic E-state index is 0.661. The van der Waals surface area contributed by atoms with Gasteiger partial charge in [-0.25, -0.2) is 15.0 Å². The Morgan fingerprint density at radius 1 is 0.463 bits per heavy atom. The minimum Gasteiger partial charge on any atom is -0.256 e. The highest BCUT2D eigenvalue weighted by Gasteiger charge is 2.19. The number of hydrogen-bond acceptors (Lipinski definition) is 5. The fraction of sp³-hybridized carbons (Fsp3) is 0. The van der Waals surface area contributed by atoms with Crippen molar-refractivity contribution in [2.75, 3.05) is 0 Å². The van der Waals surface area contributed by atoms with Gasteiger partial charge in [0.1, 0.15) is 0 Å². The molecule has 192 valence electrons. The van der Waals surface area contributed by atoms with E-state index in [9.17, 15) is 0 Å². The predicted molar refractivity (Wildman–Crippen MR) is 170 cm³/mol. The molecule has 41 heavy (non-hydrogen) atoms. The molecule has 0 atom stereocenters. The van der Waals surface area contributed by atoms with Crippen LogP contribution in [0.15, 0.2) is 134 Å². The SMILES string of the molecule is c1ccc(-c2nc(-c3ccccc3)nc(-c3cccc4sc5c(-c6cccc7cccnc67)cccc5c34)n2)cc1. The van der Waals surface area contributed by atoms with Crippen molar-refractivity contribution in [2.24, 2.45) is 0 Å². The van der Waals surface area contributed by atoms with Gasteiger partial charge in [-0.05, 0) is 12.1 Å². The van der Waals surface area contributed by atoms with Crippen LogP contribution in [-0.4, -0.2) is 19.9 Å². The molecule has 0 spiro atoms. The van der Waals surface area contributed by atoms with Crippen LogP contribution in [0.25, 0.3) is 76.4 Å². The van der Waals surface area contributed by atoms with E-state index in [-0.39, 0.29) is 0 Å². The Morgan fingerprint density at radius 2 is 1.07 bits per heavy atom. The molecule has 3 aromatic heterocycles. The standard InChI is InChI=1S/C36H22N4S/c1-3-11-24(12-4-1)34-38-35(25-13-5-2-6-14-25)40-36(39-34)29-20-9-21-30-31(29)28-19-8-18-27(33(28)41-30)26-17-7-15-23-16-10-22-37-32(23)26/h1-22H. The van der Waals surface area contributed by atoms with Crippen LogP contribution in [0.1, 0.15) is 0 Å². The van der Waals surface area contributed by atoms with Crippen molar-refractivity contribution < 1.29 is 0 Å². The van der Waals surface area contributed by atoms with Gasteiger partial charge < -0.3 is 0 Å². The Balaban J connectivity index is 1.39. The molecule has 0 fully saturated rings. The third-order valence-corrected chi connectivity index (χ3v) is 8.59. The average molecular weight is 543 g/mol. The zero-order valence-corrected chi connectivity index (χ0v) is 22.7. The number of hydrogen-bond donors (Lipinski definition) is 0. The summed E-state index contributed by atoms with van der Waals surface area (Å²) in [5, 5.41) is 3.48. The molecule has 8 rings (SSSR count). The van der Waals surface area contributed by atoms with Crippen LogP contribution < -0.4 is 0 Å². The van der Waals surface area contributed by atoms with Crippen LogP contribution in [0.2, 0.25) is 0 Å². The number of thiophene rings is 1. The summed E-state index contributed by atoms with van der Waals surface area (Å²) >= 11 is 1.80. The number of para-hydroxylation sites is 1. The van der Waals surface area contributed by atoms with Crippen molar-refractivity contribution in [1.29, 1.82) is 0 Å². The molecule has 0 aliphatic heterocycles. The first-order valence-corrected chi connectivity index (χ1v) is 14.3. The molecule has 3 heterocycles. The van der Waals surface area contributed by atoms with Gasteiger partial charge in [0.2, 0.25) is 0 Å². The van der Waals surface area contributed by atoms with Gasteiger partial charge >= 0.3 is 0 Å². The van der Waals surface area contributed by atoms with E-state index in [0.717, 1.165) is 38.5 Å². The second-order valence-electron chi connectivity index (χ2n) is 9.88. The molecule has 4 nitrogen and oxygen atoms in total. The molecule has 0 unspecified atom stereocenters. The number of nitrogens with zero attached hydrogens (tertiary/aromatic N) is 4. The lowest BCUT2D eigenvalue weighted by molar-refractivity contribution is 1.08. The van der Waals surface area contributed by atoms with Gasteiger partial charge in [-0.15, -0.1) is 11.3 Å². The summed E-state index contributed by atoms with van der Waals surface area (Å²) in [6.45, 7) is 0. The molecule has 5 aromatic carbocycles. The number of fused-ring (bicyclic) bond motifs is 4. The van der Waals surface area contributed by atoms with Gasteiger partial charge in [0.15, 0.2) is 17.5 Å². The summed E-state index contributed by atoms with van der Waals surface area (Å²) < 4.78 is 2.43. The lowest BCUT2D eigenvalue weighted by Gasteiger charge is -2.10. The van der Waals surface area contributed by atoms with Crippen molar-refractivity contribution in [3.8, 4) is 45.3 Å². The van der Waals surface area contributed by atoms with E-state index >= 15 is 0 Å². The molecule has 0 amide bonds. The van der Waals surface area contributed by atoms with E-state index in [1.807, 2.05) is 72.9 Å². The molecule has 0 aliphatic carbocycles. The Morgan fingerprint density at radius 3 is 1.83 bits per heavy atom. The van der Waals surface area contributed by atoms with Crippen molar-refractivity contribution in [1.82, 2.24) is 19.9 Å². The summed E-state index contributed by atoms with van der Waals surface area (Å²) in [5.41, 5.74) is 6.25. The normalized spacial score (nSPS) is 11.4. The Bertz CT molecular complexity index is 2140. The monoisotopic (exact) mass is 542 g/mol. The number of rotatable bonds is 4. The van der Waals surface area contributed by atoms with Gasteiger partial charge in [-0.2, -0.15) is 0 Å². The first kappa shape index (κ1) is 23.6. The Hall–Kier alpha value is -5.26. The maximum atomic E-state index is 5.03. The van der Waals surface area contributed by atoms with Crippen molar-refractivity contribution in [2.45, 2.75) is 0 Å². The van der Waals surface area contributed by atoms with Gasteiger partial charge in [0.05, 0.1) is 5.52 Å².